The standard InChI is InChI=1S/C14H14BrNO7.C6H13N/c15-5-1-2-7-6(3-5)8(4-16-7)22-14-11(19)9(17)10(18)12(23-14)13(20)21;7-6-4-2-1-3-5-6/h1-4,9-12,14,16-19H,(H,20,21);6H,1-5,7H2/t9-,10-,11+,12-,14+;/m0./s1. The fourth-order valence-electron chi connectivity index (χ4n) is 3.57. The van der Waals surface area contributed by atoms with Crippen LogP contribution in [0.15, 0.2) is 28.9 Å². The lowest BCUT2D eigenvalue weighted by Gasteiger charge is -2.38. The van der Waals surface area contributed by atoms with Gasteiger partial charge < -0.3 is 40.6 Å². The fraction of sp³-hybridized carbons (Fsp3) is 0.550. The van der Waals surface area contributed by atoms with Gasteiger partial charge in [0.05, 0.1) is 0 Å². The third-order valence-electron chi connectivity index (χ3n) is 5.31. The largest absolute Gasteiger partial charge is 0.479 e. The number of halogens is 1. The Morgan fingerprint density at radius 1 is 1.13 bits per heavy atom. The monoisotopic (exact) mass is 486 g/mol. The first-order valence-corrected chi connectivity index (χ1v) is 10.7. The first-order valence-electron chi connectivity index (χ1n) is 9.89. The number of nitrogens with one attached hydrogen (secondary N) is 1. The second-order valence-electron chi connectivity index (χ2n) is 7.59. The molecule has 2 heterocycles. The van der Waals surface area contributed by atoms with Crippen LogP contribution in [0.2, 0.25) is 0 Å². The number of benzene rings is 1. The molecule has 2 fully saturated rings. The van der Waals surface area contributed by atoms with Crippen LogP contribution in [-0.4, -0.2) is 68.1 Å². The number of carboxylic acid groups (broad SMARTS) is 1. The molecule has 10 heteroatoms. The van der Waals surface area contributed by atoms with Crippen LogP contribution < -0.4 is 10.5 Å². The van der Waals surface area contributed by atoms with E-state index in [-0.39, 0.29) is 0 Å². The molecule has 2 aromatic rings. The van der Waals surface area contributed by atoms with Crippen molar-refractivity contribution in [2.75, 3.05) is 0 Å². The summed E-state index contributed by atoms with van der Waals surface area (Å²) in [5, 5.41) is 39.1. The van der Waals surface area contributed by atoms with Gasteiger partial charge in [-0.15, -0.1) is 0 Å². The number of aliphatic hydroxyl groups is 3. The Morgan fingerprint density at radius 3 is 2.43 bits per heavy atom. The van der Waals surface area contributed by atoms with E-state index in [4.69, 9.17) is 20.3 Å². The van der Waals surface area contributed by atoms with E-state index in [1.807, 2.05) is 12.1 Å². The molecule has 0 spiro atoms. The second kappa shape index (κ2) is 10.1. The molecule has 2 aliphatic rings. The molecule has 9 nitrogen and oxygen atoms in total. The summed E-state index contributed by atoms with van der Waals surface area (Å²) in [5.74, 6) is -1.14. The first-order chi connectivity index (χ1) is 14.3. The summed E-state index contributed by atoms with van der Waals surface area (Å²) in [4.78, 5) is 14.0. The highest BCUT2D eigenvalue weighted by molar-refractivity contribution is 9.10. The van der Waals surface area contributed by atoms with E-state index in [9.17, 15) is 20.1 Å². The van der Waals surface area contributed by atoms with Crippen molar-refractivity contribution in [3.63, 3.8) is 0 Å². The zero-order valence-electron chi connectivity index (χ0n) is 16.3. The van der Waals surface area contributed by atoms with Gasteiger partial charge in [0.1, 0.15) is 24.1 Å². The molecule has 1 aliphatic heterocycles. The van der Waals surface area contributed by atoms with Crippen molar-refractivity contribution in [3.05, 3.63) is 28.9 Å². The molecule has 4 rings (SSSR count). The van der Waals surface area contributed by atoms with Crippen molar-refractivity contribution < 1.29 is 34.7 Å². The van der Waals surface area contributed by atoms with E-state index >= 15 is 0 Å². The maximum atomic E-state index is 11.1. The molecule has 0 amide bonds. The first kappa shape index (κ1) is 23.0. The smallest absolute Gasteiger partial charge is 0.335 e. The Hall–Kier alpha value is -1.69. The highest BCUT2D eigenvalue weighted by Crippen LogP contribution is 2.31. The van der Waals surface area contributed by atoms with Gasteiger partial charge >= 0.3 is 5.97 Å². The molecule has 5 atom stereocenters. The highest BCUT2D eigenvalue weighted by Gasteiger charge is 2.48. The predicted octanol–water partition coefficient (Wildman–Crippen LogP) is 1.48. The number of hydrogen-bond acceptors (Lipinski definition) is 7. The zero-order valence-corrected chi connectivity index (χ0v) is 17.9. The summed E-state index contributed by atoms with van der Waals surface area (Å²) in [5.41, 5.74) is 6.40. The molecular formula is C20H27BrN2O7. The molecule has 1 aliphatic carbocycles. The molecule has 1 aromatic heterocycles. The Kier molecular flexibility index (Phi) is 7.72. The quantitative estimate of drug-likeness (QED) is 0.380. The Bertz CT molecular complexity index is 855. The minimum absolute atomic E-state index is 0.318. The van der Waals surface area contributed by atoms with E-state index in [1.54, 1.807) is 6.07 Å². The van der Waals surface area contributed by atoms with E-state index in [2.05, 4.69) is 20.9 Å². The lowest BCUT2D eigenvalue weighted by Crippen LogP contribution is -2.61. The lowest BCUT2D eigenvalue weighted by atomic mass is 9.97. The van der Waals surface area contributed by atoms with Gasteiger partial charge in [-0.1, -0.05) is 35.2 Å². The number of nitrogens with two attached hydrogens (primary N) is 1. The number of hydrogen-bond donors (Lipinski definition) is 6. The van der Waals surface area contributed by atoms with E-state index in [1.165, 1.54) is 38.3 Å². The minimum Gasteiger partial charge on any atom is -0.479 e. The fourth-order valence-corrected chi connectivity index (χ4v) is 3.93. The van der Waals surface area contributed by atoms with E-state index in [0.717, 1.165) is 9.99 Å². The summed E-state index contributed by atoms with van der Waals surface area (Å²) < 4.78 is 11.4. The maximum absolute atomic E-state index is 11.1. The zero-order chi connectivity index (χ0) is 21.8. The molecule has 0 bridgehead atoms. The maximum Gasteiger partial charge on any atom is 0.335 e. The second-order valence-corrected chi connectivity index (χ2v) is 8.51. The molecule has 166 valence electrons. The van der Waals surface area contributed by atoms with Gasteiger partial charge in [0.2, 0.25) is 6.29 Å². The topological polar surface area (TPSA) is 158 Å². The highest BCUT2D eigenvalue weighted by atomic mass is 79.9. The number of H-pyrrole nitrogens is 1. The SMILES string of the molecule is NC1CCCCC1.O=C(O)[C@H]1O[C@@H](Oc2c[nH]c3ccc(Br)cc23)[C@H](O)[C@@H](O)[C@@H]1O. The van der Waals surface area contributed by atoms with Crippen LogP contribution in [0.25, 0.3) is 10.9 Å². The van der Waals surface area contributed by atoms with Crippen molar-refractivity contribution in [2.45, 2.75) is 68.9 Å². The molecule has 1 saturated heterocycles. The number of ether oxygens (including phenoxy) is 2. The molecule has 0 unspecified atom stereocenters. The Balaban J connectivity index is 0.000000310. The third kappa shape index (κ3) is 5.32. The van der Waals surface area contributed by atoms with Crippen molar-refractivity contribution in [1.82, 2.24) is 4.98 Å². The summed E-state index contributed by atoms with van der Waals surface area (Å²) in [7, 11) is 0. The molecule has 0 radical (unpaired) electrons. The number of aliphatic hydroxyl groups excluding tert-OH is 3. The Labute approximate surface area is 181 Å². The number of fused-ring (bicyclic) bond motifs is 1. The van der Waals surface area contributed by atoms with Gasteiger partial charge in [-0.3, -0.25) is 0 Å². The molecular weight excluding hydrogens is 460 g/mol. The van der Waals surface area contributed by atoms with Crippen LogP contribution in [-0.2, 0) is 9.53 Å². The summed E-state index contributed by atoms with van der Waals surface area (Å²) in [6.45, 7) is 0. The van der Waals surface area contributed by atoms with Crippen LogP contribution >= 0.6 is 15.9 Å². The van der Waals surface area contributed by atoms with Crippen LogP contribution in [0.4, 0.5) is 0 Å². The van der Waals surface area contributed by atoms with Gasteiger partial charge in [-0.25, -0.2) is 4.79 Å². The average Bonchev–Trinajstić information content (AvgIpc) is 3.11. The van der Waals surface area contributed by atoms with Gasteiger partial charge in [0.25, 0.3) is 0 Å². The number of rotatable bonds is 3. The van der Waals surface area contributed by atoms with Crippen LogP contribution in [0.3, 0.4) is 0 Å². The number of aliphatic carboxylic acids is 1. The number of carboxylic acids is 1. The summed E-state index contributed by atoms with van der Waals surface area (Å²) in [6.07, 6.45) is 0.00272. The van der Waals surface area contributed by atoms with E-state index < -0.39 is 36.7 Å². The summed E-state index contributed by atoms with van der Waals surface area (Å²) >= 11 is 3.33. The van der Waals surface area contributed by atoms with Crippen LogP contribution in [0, 0.1) is 0 Å². The van der Waals surface area contributed by atoms with Crippen molar-refractivity contribution in [1.29, 1.82) is 0 Å². The molecule has 1 aromatic carbocycles. The summed E-state index contributed by atoms with van der Waals surface area (Å²) in [6, 6.07) is 5.95. The van der Waals surface area contributed by atoms with Crippen LogP contribution in [0.5, 0.6) is 5.75 Å². The molecule has 7 N–H and O–H groups in total. The number of aromatic amines is 1. The predicted molar refractivity (Wildman–Crippen MR) is 112 cm³/mol. The number of carbonyl (C=O) groups is 1. The van der Waals surface area contributed by atoms with Gasteiger partial charge in [0.15, 0.2) is 6.10 Å². The van der Waals surface area contributed by atoms with Gasteiger partial charge in [-0.2, -0.15) is 0 Å². The lowest BCUT2D eigenvalue weighted by molar-refractivity contribution is -0.270. The van der Waals surface area contributed by atoms with Crippen molar-refractivity contribution in [2.24, 2.45) is 5.73 Å². The third-order valence-corrected chi connectivity index (χ3v) is 5.81. The minimum atomic E-state index is -1.75. The number of aromatic nitrogens is 1. The van der Waals surface area contributed by atoms with Gasteiger partial charge in [0, 0.05) is 27.6 Å². The molecule has 30 heavy (non-hydrogen) atoms. The molecule has 1 saturated carbocycles. The average molecular weight is 487 g/mol. The van der Waals surface area contributed by atoms with Crippen molar-refractivity contribution >= 4 is 32.8 Å². The van der Waals surface area contributed by atoms with Crippen molar-refractivity contribution in [3.8, 4) is 5.75 Å². The van der Waals surface area contributed by atoms with Crippen LogP contribution in [0.1, 0.15) is 32.1 Å². The Morgan fingerprint density at radius 2 is 1.83 bits per heavy atom. The van der Waals surface area contributed by atoms with Gasteiger partial charge in [-0.05, 0) is 31.0 Å². The normalized spacial score (nSPS) is 29.8. The van der Waals surface area contributed by atoms with E-state index in [0.29, 0.717) is 17.2 Å².